The molecule has 1 aliphatic heterocycles. The molecule has 0 radical (unpaired) electrons. The lowest BCUT2D eigenvalue weighted by molar-refractivity contribution is -0.274. The SMILES string of the molecule is NC1(c2ccc3oc(=O)[nH]c3c2)N=C(Nc2cccc(OC(F)(F)F)c2)NC=C1F. The Balaban J connectivity index is 1.64. The molecule has 2 aromatic carbocycles. The summed E-state index contributed by atoms with van der Waals surface area (Å²) in [5, 5.41) is 5.25. The maximum Gasteiger partial charge on any atom is 0.573 e. The molecule has 1 aromatic heterocycles. The minimum Gasteiger partial charge on any atom is -0.408 e. The van der Waals surface area contributed by atoms with Crippen LogP contribution in [0.25, 0.3) is 11.1 Å². The molecule has 0 fully saturated rings. The third-order valence-electron chi connectivity index (χ3n) is 4.18. The third kappa shape index (κ3) is 3.85. The number of fused-ring (bicyclic) bond motifs is 1. The highest BCUT2D eigenvalue weighted by Crippen LogP contribution is 2.33. The number of alkyl halides is 3. The molecule has 30 heavy (non-hydrogen) atoms. The first kappa shape index (κ1) is 19.5. The molecule has 1 unspecified atom stereocenters. The number of hydrogen-bond acceptors (Lipinski definition) is 7. The van der Waals surface area contributed by atoms with Crippen molar-refractivity contribution in [2.24, 2.45) is 10.7 Å². The zero-order valence-corrected chi connectivity index (χ0v) is 14.9. The first-order chi connectivity index (χ1) is 14.1. The molecule has 3 aromatic rings. The molecule has 0 saturated heterocycles. The number of halogens is 4. The zero-order chi connectivity index (χ0) is 21.5. The van der Waals surface area contributed by atoms with Gasteiger partial charge in [0.25, 0.3) is 0 Å². The third-order valence-corrected chi connectivity index (χ3v) is 4.18. The molecule has 2 heterocycles. The van der Waals surface area contributed by atoms with E-state index in [0.717, 1.165) is 18.3 Å². The van der Waals surface area contributed by atoms with E-state index in [-0.39, 0.29) is 22.8 Å². The van der Waals surface area contributed by atoms with Crippen LogP contribution in [-0.2, 0) is 5.66 Å². The van der Waals surface area contributed by atoms with Crippen LogP contribution >= 0.6 is 0 Å². The Labute approximate surface area is 165 Å². The van der Waals surface area contributed by atoms with E-state index in [1.807, 2.05) is 0 Å². The molecule has 0 spiro atoms. The van der Waals surface area contributed by atoms with Crippen molar-refractivity contribution >= 4 is 22.7 Å². The number of anilines is 1. The van der Waals surface area contributed by atoms with Gasteiger partial charge in [-0.05, 0) is 24.3 Å². The van der Waals surface area contributed by atoms with E-state index in [4.69, 9.17) is 10.2 Å². The summed E-state index contributed by atoms with van der Waals surface area (Å²) < 4.78 is 60.6. The van der Waals surface area contributed by atoms with E-state index in [1.165, 1.54) is 30.3 Å². The fourth-order valence-electron chi connectivity index (χ4n) is 2.87. The lowest BCUT2D eigenvalue weighted by Crippen LogP contribution is -2.44. The molecule has 8 nitrogen and oxygen atoms in total. The lowest BCUT2D eigenvalue weighted by Gasteiger charge is -2.29. The van der Waals surface area contributed by atoms with Crippen LogP contribution in [0.1, 0.15) is 5.56 Å². The number of nitrogens with one attached hydrogen (secondary N) is 3. The second-order valence-corrected chi connectivity index (χ2v) is 6.29. The lowest BCUT2D eigenvalue weighted by atomic mass is 9.98. The topological polar surface area (TPSA) is 118 Å². The van der Waals surface area contributed by atoms with Crippen LogP contribution in [0.2, 0.25) is 0 Å². The first-order valence-corrected chi connectivity index (χ1v) is 8.40. The van der Waals surface area contributed by atoms with Gasteiger partial charge in [0.05, 0.1) is 5.52 Å². The summed E-state index contributed by atoms with van der Waals surface area (Å²) in [5.41, 5.74) is 5.18. The van der Waals surface area contributed by atoms with Crippen molar-refractivity contribution in [1.29, 1.82) is 0 Å². The minimum absolute atomic E-state index is 0.0242. The largest absolute Gasteiger partial charge is 0.573 e. The maximum atomic E-state index is 14.6. The molecular formula is C18H13F4N5O3. The molecule has 0 amide bonds. The standard InChI is InChI=1S/C18H13F4N5O3/c19-14-8-24-15(25-10-2-1-3-11(7-10)30-18(20,21)22)27-17(14,23)9-4-5-13-12(6-9)26-16(28)29-13/h1-8H,23H2,(H,26,28)(H2,24,25,27). The van der Waals surface area contributed by atoms with E-state index in [9.17, 15) is 22.4 Å². The van der Waals surface area contributed by atoms with E-state index in [1.54, 1.807) is 0 Å². The van der Waals surface area contributed by atoms with Crippen LogP contribution in [0.3, 0.4) is 0 Å². The number of guanidine groups is 1. The predicted octanol–water partition coefficient (Wildman–Crippen LogP) is 3.01. The van der Waals surface area contributed by atoms with E-state index in [2.05, 4.69) is 25.3 Å². The Hall–Kier alpha value is -3.80. The van der Waals surface area contributed by atoms with E-state index in [0.29, 0.717) is 5.52 Å². The summed E-state index contributed by atoms with van der Waals surface area (Å²) >= 11 is 0. The Morgan fingerprint density at radius 2 is 2.00 bits per heavy atom. The quantitative estimate of drug-likeness (QED) is 0.481. The fourth-order valence-corrected chi connectivity index (χ4v) is 2.87. The average molecular weight is 423 g/mol. The van der Waals surface area contributed by atoms with Gasteiger partial charge in [-0.25, -0.2) is 14.2 Å². The number of nitrogens with two attached hydrogens (primary N) is 1. The monoisotopic (exact) mass is 423 g/mol. The molecule has 0 aliphatic carbocycles. The van der Waals surface area contributed by atoms with Gasteiger partial charge in [0.15, 0.2) is 17.1 Å². The minimum atomic E-state index is -4.84. The molecular weight excluding hydrogens is 410 g/mol. The van der Waals surface area contributed by atoms with Crippen molar-refractivity contribution in [2.45, 2.75) is 12.0 Å². The van der Waals surface area contributed by atoms with Crippen molar-refractivity contribution in [1.82, 2.24) is 10.3 Å². The van der Waals surface area contributed by atoms with Crippen LogP contribution < -0.4 is 26.9 Å². The first-order valence-electron chi connectivity index (χ1n) is 8.40. The van der Waals surface area contributed by atoms with Crippen molar-refractivity contribution < 1.29 is 26.7 Å². The van der Waals surface area contributed by atoms with Gasteiger partial charge in [-0.3, -0.25) is 10.7 Å². The fraction of sp³-hybridized carbons (Fsp3) is 0.111. The molecule has 1 atom stereocenters. The highest BCUT2D eigenvalue weighted by atomic mass is 19.4. The zero-order valence-electron chi connectivity index (χ0n) is 14.9. The number of nitrogens with zero attached hydrogens (tertiary/aromatic N) is 1. The molecule has 4 rings (SSSR count). The van der Waals surface area contributed by atoms with Crippen LogP contribution in [0.15, 0.2) is 68.7 Å². The van der Waals surface area contributed by atoms with Gasteiger partial charge in [-0.2, -0.15) is 0 Å². The van der Waals surface area contributed by atoms with E-state index >= 15 is 0 Å². The smallest absolute Gasteiger partial charge is 0.408 e. The van der Waals surface area contributed by atoms with Gasteiger partial charge in [0.1, 0.15) is 5.75 Å². The molecule has 12 heteroatoms. The van der Waals surface area contributed by atoms with Crippen LogP contribution in [0.5, 0.6) is 5.75 Å². The number of benzene rings is 2. The number of hydrogen-bond donors (Lipinski definition) is 4. The summed E-state index contributed by atoms with van der Waals surface area (Å²) in [7, 11) is 0. The number of aromatic amines is 1. The average Bonchev–Trinajstić information content (AvgIpc) is 3.03. The highest BCUT2D eigenvalue weighted by Gasteiger charge is 2.36. The summed E-state index contributed by atoms with van der Waals surface area (Å²) in [6, 6.07) is 9.31. The van der Waals surface area contributed by atoms with Gasteiger partial charge in [0, 0.05) is 23.5 Å². The van der Waals surface area contributed by atoms with Gasteiger partial charge >= 0.3 is 12.1 Å². The second-order valence-electron chi connectivity index (χ2n) is 6.29. The summed E-state index contributed by atoms with van der Waals surface area (Å²) in [5.74, 6) is -1.98. The predicted molar refractivity (Wildman–Crippen MR) is 99.2 cm³/mol. The summed E-state index contributed by atoms with van der Waals surface area (Å²) in [4.78, 5) is 17.9. The Morgan fingerprint density at radius 3 is 2.77 bits per heavy atom. The second kappa shape index (κ2) is 6.91. The van der Waals surface area contributed by atoms with Crippen LogP contribution in [0, 0.1) is 0 Å². The van der Waals surface area contributed by atoms with Crippen molar-refractivity contribution in [2.75, 3.05) is 5.32 Å². The van der Waals surface area contributed by atoms with Gasteiger partial charge in [-0.1, -0.05) is 12.1 Å². The number of aromatic nitrogens is 1. The van der Waals surface area contributed by atoms with Crippen molar-refractivity contribution in [3.05, 3.63) is 70.6 Å². The Bertz CT molecular complexity index is 1230. The van der Waals surface area contributed by atoms with Crippen LogP contribution in [0.4, 0.5) is 23.2 Å². The normalized spacial score (nSPS) is 19.1. The number of aliphatic imine (C=N–C) groups is 1. The van der Waals surface area contributed by atoms with Gasteiger partial charge in [0.2, 0.25) is 5.96 Å². The van der Waals surface area contributed by atoms with Crippen LogP contribution in [-0.4, -0.2) is 17.3 Å². The number of oxazole rings is 1. The maximum absolute atomic E-state index is 14.6. The van der Waals surface area contributed by atoms with Crippen molar-refractivity contribution in [3.8, 4) is 5.75 Å². The van der Waals surface area contributed by atoms with Crippen molar-refractivity contribution in [3.63, 3.8) is 0 Å². The van der Waals surface area contributed by atoms with Gasteiger partial charge in [-0.15, -0.1) is 13.2 Å². The summed E-state index contributed by atoms with van der Waals surface area (Å²) in [6.07, 6.45) is -3.88. The molecule has 0 bridgehead atoms. The number of H-pyrrole nitrogens is 1. The molecule has 156 valence electrons. The highest BCUT2D eigenvalue weighted by molar-refractivity contribution is 5.95. The molecule has 0 saturated carbocycles. The number of rotatable bonds is 3. The van der Waals surface area contributed by atoms with E-state index < -0.39 is 29.4 Å². The number of ether oxygens (including phenoxy) is 1. The Kier molecular flexibility index (Phi) is 4.50. The Morgan fingerprint density at radius 1 is 1.20 bits per heavy atom. The summed E-state index contributed by atoms with van der Waals surface area (Å²) in [6.45, 7) is 0. The van der Waals surface area contributed by atoms with Gasteiger partial charge < -0.3 is 19.8 Å². The molecule has 5 N–H and O–H groups in total. The molecule has 1 aliphatic rings.